The van der Waals surface area contributed by atoms with Crippen LogP contribution in [0.15, 0.2) is 276 Å². The molecule has 2 heterocycles. The molecule has 0 radical (unpaired) electrons. The summed E-state index contributed by atoms with van der Waals surface area (Å²) >= 11 is 0. The van der Waals surface area contributed by atoms with Crippen molar-refractivity contribution in [3.8, 4) is 44.9 Å². The number of benzene rings is 12. The van der Waals surface area contributed by atoms with Gasteiger partial charge in [0.05, 0.1) is 0 Å². The molecule has 0 aliphatic rings. The van der Waals surface area contributed by atoms with Crippen LogP contribution in [0.25, 0.3) is 99.2 Å². The van der Waals surface area contributed by atoms with Crippen LogP contribution in [0.2, 0.25) is 0 Å². The number of fused-ring (bicyclic) bond motifs is 7. The average molecular weight is 1060 g/mol. The molecule has 82 heavy (non-hydrogen) atoms. The van der Waals surface area contributed by atoms with E-state index in [9.17, 15) is 0 Å². The molecule has 4 heteroatoms. The summed E-state index contributed by atoms with van der Waals surface area (Å²) in [4.78, 5) is 4.70. The molecule has 396 valence electrons. The summed E-state index contributed by atoms with van der Waals surface area (Å²) in [6, 6.07) is 96.6. The Labute approximate surface area is 479 Å². The van der Waals surface area contributed by atoms with Crippen LogP contribution >= 0.6 is 0 Å². The number of rotatable bonds is 10. The molecule has 0 bridgehead atoms. The third-order valence-corrected chi connectivity index (χ3v) is 16.3. The van der Waals surface area contributed by atoms with Gasteiger partial charge in [0.2, 0.25) is 0 Å². The number of anilines is 6. The molecule has 0 saturated heterocycles. The van der Waals surface area contributed by atoms with E-state index >= 15 is 0 Å². The zero-order valence-corrected chi connectivity index (χ0v) is 47.1. The molecule has 14 aromatic rings. The van der Waals surface area contributed by atoms with Crippen LogP contribution in [0.3, 0.4) is 0 Å². The van der Waals surface area contributed by atoms with Gasteiger partial charge < -0.3 is 18.6 Å². The molecule has 2 aromatic heterocycles. The quantitative estimate of drug-likeness (QED) is 0.137. The molecular weight excluding hydrogens is 997 g/mol. The van der Waals surface area contributed by atoms with Gasteiger partial charge >= 0.3 is 0 Å². The third-order valence-electron chi connectivity index (χ3n) is 16.3. The molecule has 0 aliphatic heterocycles. The molecule has 0 amide bonds. The van der Waals surface area contributed by atoms with Crippen LogP contribution in [0.5, 0.6) is 0 Å². The minimum atomic E-state index is 0.0574. The molecule has 4 nitrogen and oxygen atoms in total. The lowest BCUT2D eigenvalue weighted by Crippen LogP contribution is -2.13. The highest BCUT2D eigenvalue weighted by atomic mass is 16.3. The molecule has 0 spiro atoms. The Kier molecular flexibility index (Phi) is 12.3. The SMILES string of the molecule is CC(C)(C)c1ccc(N(c2ccc(-c3ccccc3)cc2)c2ccc3cc(-c4cc5ccc6c(ccc7cc(-c8ccc9cc(N(c%10ccc(-c%11ccccc%11)cc%10)c%10ccc(C(C)(C)C)cc%10)ccc9c8)oc76)c5o4)ccc3c2)cc1. The highest BCUT2D eigenvalue weighted by molar-refractivity contribution is 6.15. The van der Waals surface area contributed by atoms with Crippen LogP contribution in [0.4, 0.5) is 34.1 Å². The smallest absolute Gasteiger partial charge is 0.142 e. The van der Waals surface area contributed by atoms with Crippen molar-refractivity contribution in [3.63, 3.8) is 0 Å². The number of hydrogen-bond donors (Lipinski definition) is 0. The van der Waals surface area contributed by atoms with E-state index in [0.717, 1.165) is 111 Å². The molecule has 0 aliphatic carbocycles. The average Bonchev–Trinajstić information content (AvgIpc) is 4.27. The fourth-order valence-electron chi connectivity index (χ4n) is 11.7. The molecule has 0 atom stereocenters. The largest absolute Gasteiger partial charge is 0.455 e. The Balaban J connectivity index is 0.754. The highest BCUT2D eigenvalue weighted by Gasteiger charge is 2.21. The Morgan fingerprint density at radius 2 is 0.537 bits per heavy atom. The standard InChI is InChI=1S/C78H62N2O2/c1-77(2,3)63-29-39-67(40-30-63)79(65-33-21-53(22-34-65)51-13-9-7-10-14-51)69-37-25-55-45-59(19-17-57(55)47-69)73-49-61-27-43-72-71(75(61)81-73)44-28-62-50-74(82-76(62)72)60-20-18-58-48-70(38-26-56(58)46-60)80(68-41-31-64(32-42-68)78(4,5)6)66-35-23-54(24-36-66)52-15-11-8-12-16-52/h7-50H,1-6H3. The van der Waals surface area contributed by atoms with Crippen molar-refractivity contribution in [2.45, 2.75) is 52.4 Å². The van der Waals surface area contributed by atoms with Gasteiger partial charge in [-0.25, -0.2) is 0 Å². The zero-order chi connectivity index (χ0) is 55.7. The minimum absolute atomic E-state index is 0.0574. The van der Waals surface area contributed by atoms with Gasteiger partial charge in [0, 0.05) is 66.8 Å². The highest BCUT2D eigenvalue weighted by Crippen LogP contribution is 2.43. The van der Waals surface area contributed by atoms with E-state index in [2.05, 4.69) is 318 Å². The Bertz CT molecular complexity index is 4350. The topological polar surface area (TPSA) is 32.8 Å². The minimum Gasteiger partial charge on any atom is -0.455 e. The van der Waals surface area contributed by atoms with E-state index in [1.165, 1.54) is 33.4 Å². The van der Waals surface area contributed by atoms with Gasteiger partial charge in [0.1, 0.15) is 22.7 Å². The van der Waals surface area contributed by atoms with Gasteiger partial charge in [0.15, 0.2) is 0 Å². The maximum Gasteiger partial charge on any atom is 0.142 e. The second kappa shape index (κ2) is 20.0. The van der Waals surface area contributed by atoms with Gasteiger partial charge in [-0.3, -0.25) is 0 Å². The summed E-state index contributed by atoms with van der Waals surface area (Å²) in [6.07, 6.45) is 0. The third kappa shape index (κ3) is 9.46. The van der Waals surface area contributed by atoms with Gasteiger partial charge in [0.25, 0.3) is 0 Å². The summed E-state index contributed by atoms with van der Waals surface area (Å²) in [5.41, 5.74) is 17.9. The number of nitrogens with zero attached hydrogens (tertiary/aromatic N) is 2. The van der Waals surface area contributed by atoms with Gasteiger partial charge in [-0.2, -0.15) is 0 Å². The fourth-order valence-corrected chi connectivity index (χ4v) is 11.7. The van der Waals surface area contributed by atoms with Crippen molar-refractivity contribution >= 4 is 88.4 Å². The summed E-state index contributed by atoms with van der Waals surface area (Å²) < 4.78 is 13.7. The molecule has 14 rings (SSSR count). The van der Waals surface area contributed by atoms with Crippen LogP contribution in [0, 0.1) is 0 Å². The Morgan fingerprint density at radius 1 is 0.244 bits per heavy atom. The second-order valence-electron chi connectivity index (χ2n) is 23.9. The summed E-state index contributed by atoms with van der Waals surface area (Å²) in [6.45, 7) is 13.6. The first kappa shape index (κ1) is 50.3. The first-order valence-corrected chi connectivity index (χ1v) is 28.4. The molecule has 0 unspecified atom stereocenters. The van der Waals surface area contributed by atoms with Crippen molar-refractivity contribution in [2.75, 3.05) is 9.80 Å². The van der Waals surface area contributed by atoms with E-state index < -0.39 is 0 Å². The van der Waals surface area contributed by atoms with Crippen LogP contribution in [0.1, 0.15) is 52.7 Å². The van der Waals surface area contributed by atoms with Crippen molar-refractivity contribution in [1.29, 1.82) is 0 Å². The van der Waals surface area contributed by atoms with E-state index in [-0.39, 0.29) is 10.8 Å². The predicted molar refractivity (Wildman–Crippen MR) is 347 cm³/mol. The predicted octanol–water partition coefficient (Wildman–Crippen LogP) is 22.8. The van der Waals surface area contributed by atoms with Crippen LogP contribution < -0.4 is 9.80 Å². The fraction of sp³-hybridized carbons (Fsp3) is 0.103. The van der Waals surface area contributed by atoms with E-state index in [1.54, 1.807) is 0 Å². The Hall–Kier alpha value is -9.90. The summed E-state index contributed by atoms with van der Waals surface area (Å²) in [7, 11) is 0. The molecule has 12 aromatic carbocycles. The maximum absolute atomic E-state index is 6.83. The van der Waals surface area contributed by atoms with Crippen LogP contribution in [-0.4, -0.2) is 0 Å². The first-order valence-electron chi connectivity index (χ1n) is 28.4. The van der Waals surface area contributed by atoms with Gasteiger partial charge in [-0.1, -0.05) is 199 Å². The van der Waals surface area contributed by atoms with Crippen molar-refractivity contribution in [2.24, 2.45) is 0 Å². The summed E-state index contributed by atoms with van der Waals surface area (Å²) in [5.74, 6) is 1.66. The monoisotopic (exact) mass is 1060 g/mol. The van der Waals surface area contributed by atoms with Crippen molar-refractivity contribution < 1.29 is 8.83 Å². The van der Waals surface area contributed by atoms with Crippen molar-refractivity contribution in [1.82, 2.24) is 0 Å². The lowest BCUT2D eigenvalue weighted by molar-refractivity contribution is 0.590. The summed E-state index contributed by atoms with van der Waals surface area (Å²) in [5, 5.41) is 8.73. The van der Waals surface area contributed by atoms with Gasteiger partial charge in [-0.05, 0) is 175 Å². The molecule has 0 saturated carbocycles. The molecule has 0 fully saturated rings. The van der Waals surface area contributed by atoms with Crippen LogP contribution in [-0.2, 0) is 10.8 Å². The van der Waals surface area contributed by atoms with E-state index in [1.807, 2.05) is 0 Å². The Morgan fingerprint density at radius 3 is 0.902 bits per heavy atom. The van der Waals surface area contributed by atoms with E-state index in [4.69, 9.17) is 8.83 Å². The van der Waals surface area contributed by atoms with Gasteiger partial charge in [-0.15, -0.1) is 0 Å². The lowest BCUT2D eigenvalue weighted by atomic mass is 9.87. The molecular formula is C78H62N2O2. The van der Waals surface area contributed by atoms with E-state index in [0.29, 0.717) is 0 Å². The first-order chi connectivity index (χ1) is 39.8. The number of hydrogen-bond acceptors (Lipinski definition) is 4. The normalized spacial score (nSPS) is 12.0. The second-order valence-corrected chi connectivity index (χ2v) is 23.9. The molecule has 0 N–H and O–H groups in total. The number of furan rings is 2. The maximum atomic E-state index is 6.83. The lowest BCUT2D eigenvalue weighted by Gasteiger charge is -2.27. The zero-order valence-electron chi connectivity index (χ0n) is 47.1. The van der Waals surface area contributed by atoms with Crippen molar-refractivity contribution in [3.05, 3.63) is 278 Å².